The van der Waals surface area contributed by atoms with Crippen molar-refractivity contribution in [1.82, 2.24) is 4.57 Å². The number of fused-ring (bicyclic) bond motifs is 1. The molecule has 38 heavy (non-hydrogen) atoms. The molecule has 1 aliphatic heterocycles. The van der Waals surface area contributed by atoms with Crippen molar-refractivity contribution in [1.29, 1.82) is 0 Å². The number of aromatic nitrogens is 1. The van der Waals surface area contributed by atoms with Crippen LogP contribution in [0.2, 0.25) is 10.0 Å². The van der Waals surface area contributed by atoms with Crippen LogP contribution in [-0.2, 0) is 16.1 Å². The summed E-state index contributed by atoms with van der Waals surface area (Å²) in [6.45, 7) is 2.03. The van der Waals surface area contributed by atoms with E-state index in [1.54, 1.807) is 29.7 Å². The van der Waals surface area contributed by atoms with Crippen LogP contribution in [-0.4, -0.2) is 17.6 Å². The first-order valence-electron chi connectivity index (χ1n) is 11.7. The van der Waals surface area contributed by atoms with Gasteiger partial charge >= 0.3 is 5.97 Å². The number of halogens is 2. The number of carbonyl (C=O) groups is 1. The molecule has 0 saturated heterocycles. The smallest absolute Gasteiger partial charge is 0.338 e. The summed E-state index contributed by atoms with van der Waals surface area (Å²) in [5, 5.41) is 1.09. The van der Waals surface area contributed by atoms with Crippen LogP contribution in [0.1, 0.15) is 29.7 Å². The predicted molar refractivity (Wildman–Crippen MR) is 149 cm³/mol. The number of rotatable bonds is 6. The molecule has 1 aromatic heterocycles. The second-order valence-electron chi connectivity index (χ2n) is 8.58. The maximum atomic E-state index is 13.7. The summed E-state index contributed by atoms with van der Waals surface area (Å²) in [5.74, 6) is 0.114. The van der Waals surface area contributed by atoms with E-state index >= 15 is 0 Å². The molecule has 4 aromatic rings. The van der Waals surface area contributed by atoms with Gasteiger partial charge in [0.1, 0.15) is 12.4 Å². The predicted octanol–water partition coefficient (Wildman–Crippen LogP) is 5.29. The summed E-state index contributed by atoms with van der Waals surface area (Å²) in [6.07, 6.45) is 1.80. The van der Waals surface area contributed by atoms with Crippen LogP contribution < -0.4 is 19.6 Å². The van der Waals surface area contributed by atoms with Crippen LogP contribution >= 0.6 is 34.5 Å². The third-order valence-electron chi connectivity index (χ3n) is 6.11. The molecule has 0 spiro atoms. The third-order valence-corrected chi connectivity index (χ3v) is 7.68. The average molecular weight is 565 g/mol. The number of esters is 1. The summed E-state index contributed by atoms with van der Waals surface area (Å²) >= 11 is 13.5. The minimum Gasteiger partial charge on any atom is -0.489 e. The Balaban J connectivity index is 1.52. The number of benzene rings is 3. The fourth-order valence-electron chi connectivity index (χ4n) is 4.29. The summed E-state index contributed by atoms with van der Waals surface area (Å²) in [7, 11) is 1.33. The second-order valence-corrected chi connectivity index (χ2v) is 10.4. The van der Waals surface area contributed by atoms with E-state index in [0.29, 0.717) is 36.4 Å². The van der Waals surface area contributed by atoms with Gasteiger partial charge in [-0.15, -0.1) is 0 Å². The van der Waals surface area contributed by atoms with Crippen molar-refractivity contribution >= 4 is 46.6 Å². The summed E-state index contributed by atoms with van der Waals surface area (Å²) in [4.78, 5) is 31.5. The Hall–Kier alpha value is -3.65. The Labute approximate surface area is 232 Å². The maximum Gasteiger partial charge on any atom is 0.338 e. The number of hydrogen-bond acceptors (Lipinski definition) is 6. The third kappa shape index (κ3) is 5.18. The normalized spacial score (nSPS) is 15.2. The SMILES string of the molecule is COC(=O)C1=C(C)N=c2sc(=Cc3cccc(OCc4ccc(Cl)cc4Cl)c3)c(=O)n2C1c1ccccc1. The molecule has 3 aromatic carbocycles. The molecule has 1 aliphatic rings. The lowest BCUT2D eigenvalue weighted by Crippen LogP contribution is -2.39. The molecule has 0 bridgehead atoms. The Kier molecular flexibility index (Phi) is 7.51. The zero-order chi connectivity index (χ0) is 26.8. The minimum atomic E-state index is -0.638. The van der Waals surface area contributed by atoms with Gasteiger partial charge in [0.05, 0.1) is 29.0 Å². The van der Waals surface area contributed by atoms with Crippen molar-refractivity contribution in [2.24, 2.45) is 4.99 Å². The average Bonchev–Trinajstić information content (AvgIpc) is 3.21. The number of allylic oxidation sites excluding steroid dienone is 1. The number of ether oxygens (including phenoxy) is 2. The van der Waals surface area contributed by atoms with E-state index in [1.807, 2.05) is 60.7 Å². The highest BCUT2D eigenvalue weighted by Gasteiger charge is 2.32. The first-order valence-corrected chi connectivity index (χ1v) is 13.3. The van der Waals surface area contributed by atoms with Gasteiger partial charge in [-0.1, -0.05) is 83.1 Å². The van der Waals surface area contributed by atoms with Gasteiger partial charge in [-0.05, 0) is 48.4 Å². The Bertz CT molecular complexity index is 1740. The molecule has 192 valence electrons. The molecule has 2 heterocycles. The lowest BCUT2D eigenvalue weighted by Gasteiger charge is -2.24. The Morgan fingerprint density at radius 3 is 2.61 bits per heavy atom. The van der Waals surface area contributed by atoms with Gasteiger partial charge in [-0.3, -0.25) is 9.36 Å². The molecule has 6 nitrogen and oxygen atoms in total. The molecule has 1 unspecified atom stereocenters. The van der Waals surface area contributed by atoms with Crippen molar-refractivity contribution in [2.45, 2.75) is 19.6 Å². The number of nitrogens with zero attached hydrogens (tertiary/aromatic N) is 2. The van der Waals surface area contributed by atoms with Crippen molar-refractivity contribution in [3.8, 4) is 5.75 Å². The van der Waals surface area contributed by atoms with Gasteiger partial charge in [0, 0.05) is 15.6 Å². The largest absolute Gasteiger partial charge is 0.489 e. The highest BCUT2D eigenvalue weighted by atomic mass is 35.5. The summed E-state index contributed by atoms with van der Waals surface area (Å²) in [5.41, 5.74) is 3.02. The Morgan fingerprint density at radius 2 is 1.87 bits per heavy atom. The van der Waals surface area contributed by atoms with Gasteiger partial charge in [0.2, 0.25) is 0 Å². The van der Waals surface area contributed by atoms with Gasteiger partial charge in [-0.25, -0.2) is 9.79 Å². The van der Waals surface area contributed by atoms with Gasteiger partial charge in [-0.2, -0.15) is 0 Å². The van der Waals surface area contributed by atoms with Gasteiger partial charge < -0.3 is 9.47 Å². The molecule has 0 radical (unpaired) electrons. The Morgan fingerprint density at radius 1 is 1.08 bits per heavy atom. The van der Waals surface area contributed by atoms with Crippen LogP contribution in [0.3, 0.4) is 0 Å². The van der Waals surface area contributed by atoms with Gasteiger partial charge in [0.15, 0.2) is 4.80 Å². The zero-order valence-corrected chi connectivity index (χ0v) is 22.8. The number of methoxy groups -OCH3 is 1. The van der Waals surface area contributed by atoms with Crippen LogP contribution in [0, 0.1) is 0 Å². The van der Waals surface area contributed by atoms with Gasteiger partial charge in [0.25, 0.3) is 5.56 Å². The first kappa shape index (κ1) is 26.0. The highest BCUT2D eigenvalue weighted by molar-refractivity contribution is 7.07. The molecule has 0 amide bonds. The van der Waals surface area contributed by atoms with Crippen LogP contribution in [0.4, 0.5) is 0 Å². The lowest BCUT2D eigenvalue weighted by atomic mass is 9.96. The molecule has 1 atom stereocenters. The van der Waals surface area contributed by atoms with E-state index in [2.05, 4.69) is 4.99 Å². The van der Waals surface area contributed by atoms with Crippen molar-refractivity contribution in [3.05, 3.63) is 130 Å². The minimum absolute atomic E-state index is 0.240. The molecule has 0 saturated carbocycles. The van der Waals surface area contributed by atoms with Crippen LogP contribution in [0.25, 0.3) is 6.08 Å². The zero-order valence-electron chi connectivity index (χ0n) is 20.5. The number of carbonyl (C=O) groups excluding carboxylic acids is 1. The van der Waals surface area contributed by atoms with E-state index in [4.69, 9.17) is 32.7 Å². The molecule has 9 heteroatoms. The summed E-state index contributed by atoms with van der Waals surface area (Å²) < 4.78 is 13.0. The highest BCUT2D eigenvalue weighted by Crippen LogP contribution is 2.30. The fourth-order valence-corrected chi connectivity index (χ4v) is 5.80. The molecular formula is C29H22Cl2N2O4S. The topological polar surface area (TPSA) is 69.9 Å². The fraction of sp³-hybridized carbons (Fsp3) is 0.138. The molecule has 0 N–H and O–H groups in total. The summed E-state index contributed by atoms with van der Waals surface area (Å²) in [6, 6.07) is 21.5. The maximum absolute atomic E-state index is 13.7. The molecule has 0 fully saturated rings. The number of hydrogen-bond donors (Lipinski definition) is 0. The second kappa shape index (κ2) is 11.0. The van der Waals surface area contributed by atoms with Crippen molar-refractivity contribution in [2.75, 3.05) is 7.11 Å². The van der Waals surface area contributed by atoms with E-state index in [9.17, 15) is 9.59 Å². The number of thiazole rings is 1. The standard InChI is InChI=1S/C29H22Cl2N2O4S/c1-17-25(28(35)36-2)26(19-8-4-3-5-9-19)33-27(34)24(38-29(33)32-17)14-18-7-6-10-22(13-18)37-16-20-11-12-21(30)15-23(20)31/h3-15,26H,16H2,1-2H3. The molecular weight excluding hydrogens is 543 g/mol. The quantitative estimate of drug-likeness (QED) is 0.298. The van der Waals surface area contributed by atoms with E-state index in [1.165, 1.54) is 18.4 Å². The van der Waals surface area contributed by atoms with Crippen LogP contribution in [0.5, 0.6) is 5.75 Å². The first-order chi connectivity index (χ1) is 18.4. The molecule has 5 rings (SSSR count). The monoisotopic (exact) mass is 564 g/mol. The lowest BCUT2D eigenvalue weighted by molar-refractivity contribution is -0.136. The van der Waals surface area contributed by atoms with Crippen molar-refractivity contribution < 1.29 is 14.3 Å². The van der Waals surface area contributed by atoms with E-state index in [0.717, 1.165) is 16.7 Å². The van der Waals surface area contributed by atoms with E-state index in [-0.39, 0.29) is 12.2 Å². The van der Waals surface area contributed by atoms with Crippen LogP contribution in [0.15, 0.2) is 93.9 Å². The molecule has 0 aliphatic carbocycles. The van der Waals surface area contributed by atoms with Crippen molar-refractivity contribution in [3.63, 3.8) is 0 Å². The van der Waals surface area contributed by atoms with E-state index < -0.39 is 12.0 Å².